The molecule has 5 nitrogen and oxygen atoms in total. The fourth-order valence-corrected chi connectivity index (χ4v) is 3.33. The fourth-order valence-electron chi connectivity index (χ4n) is 3.33. The summed E-state index contributed by atoms with van der Waals surface area (Å²) in [5.74, 6) is 0.0905. The summed E-state index contributed by atoms with van der Waals surface area (Å²) in [5.41, 5.74) is 2.95. The first-order chi connectivity index (χ1) is 12.2. The van der Waals surface area contributed by atoms with Gasteiger partial charge >= 0.3 is 0 Å². The molecule has 2 aromatic rings. The molecule has 25 heavy (non-hydrogen) atoms. The third-order valence-corrected chi connectivity index (χ3v) is 4.79. The average molecular weight is 339 g/mol. The molecule has 2 N–H and O–H groups in total. The van der Waals surface area contributed by atoms with Crippen LogP contribution in [-0.4, -0.2) is 45.9 Å². The zero-order chi connectivity index (χ0) is 17.6. The van der Waals surface area contributed by atoms with Crippen molar-refractivity contribution in [3.8, 4) is 5.75 Å². The predicted octanol–water partition coefficient (Wildman–Crippen LogP) is 2.84. The number of rotatable bonds is 6. The van der Waals surface area contributed by atoms with Crippen molar-refractivity contribution in [2.24, 2.45) is 4.99 Å². The van der Waals surface area contributed by atoms with Crippen molar-refractivity contribution in [3.05, 3.63) is 58.9 Å². The van der Waals surface area contributed by atoms with Crippen LogP contribution in [0.25, 0.3) is 0 Å². The van der Waals surface area contributed by atoms with Crippen molar-refractivity contribution >= 4 is 6.21 Å². The Morgan fingerprint density at radius 1 is 1.24 bits per heavy atom. The minimum absolute atomic E-state index is 0.0905. The van der Waals surface area contributed by atoms with Crippen LogP contribution in [-0.2, 0) is 6.61 Å². The van der Waals surface area contributed by atoms with Crippen LogP contribution in [0.1, 0.15) is 41.3 Å². The number of likely N-dealkylation sites (tertiary alicyclic amines) is 1. The van der Waals surface area contributed by atoms with Gasteiger partial charge in [0.2, 0.25) is 0 Å². The second-order valence-electron chi connectivity index (χ2n) is 6.45. The number of aliphatic hydroxyl groups excluding tert-OH is 1. The van der Waals surface area contributed by atoms with Gasteiger partial charge in [0.1, 0.15) is 5.75 Å². The van der Waals surface area contributed by atoms with Crippen LogP contribution >= 0.6 is 0 Å². The van der Waals surface area contributed by atoms with E-state index in [0.717, 1.165) is 13.1 Å². The van der Waals surface area contributed by atoms with E-state index >= 15 is 0 Å². The molecule has 2 heterocycles. The summed E-state index contributed by atoms with van der Waals surface area (Å²) in [7, 11) is 0. The smallest absolute Gasteiger partial charge is 0.145 e. The Kier molecular flexibility index (Phi) is 5.79. The van der Waals surface area contributed by atoms with E-state index < -0.39 is 0 Å². The standard InChI is InChI=1S/C20H25N3O2/c1-15-20(25)18(17(14-24)11-22-15)12-21-13-19(23-9-5-6-10-23)16-7-3-2-4-8-16/h2-4,7-8,11-12,19,24-25H,5-6,9-10,13-14H2,1H3/t19-/m1/s1. The van der Waals surface area contributed by atoms with Gasteiger partial charge in [-0.1, -0.05) is 30.3 Å². The molecule has 1 aromatic heterocycles. The van der Waals surface area contributed by atoms with E-state index in [9.17, 15) is 10.2 Å². The first-order valence-electron chi connectivity index (χ1n) is 8.78. The lowest BCUT2D eigenvalue weighted by atomic mass is 10.1. The van der Waals surface area contributed by atoms with E-state index in [2.05, 4.69) is 39.1 Å². The molecule has 1 aliphatic rings. The van der Waals surface area contributed by atoms with Crippen molar-refractivity contribution in [1.82, 2.24) is 9.88 Å². The monoisotopic (exact) mass is 339 g/mol. The Morgan fingerprint density at radius 3 is 2.64 bits per heavy atom. The molecule has 3 rings (SSSR count). The van der Waals surface area contributed by atoms with Crippen LogP contribution < -0.4 is 0 Å². The number of hydrogen-bond donors (Lipinski definition) is 2. The molecule has 0 amide bonds. The summed E-state index contributed by atoms with van der Waals surface area (Å²) in [6, 6.07) is 10.7. The number of aliphatic imine (C=N–C) groups is 1. The van der Waals surface area contributed by atoms with E-state index in [4.69, 9.17) is 0 Å². The first kappa shape index (κ1) is 17.6. The maximum Gasteiger partial charge on any atom is 0.145 e. The second kappa shape index (κ2) is 8.23. The molecular formula is C20H25N3O2. The SMILES string of the molecule is Cc1ncc(CO)c(C=NC[C@H](c2ccccc2)N2CCCC2)c1O. The summed E-state index contributed by atoms with van der Waals surface area (Å²) < 4.78 is 0. The van der Waals surface area contributed by atoms with Gasteiger partial charge in [-0.05, 0) is 38.4 Å². The lowest BCUT2D eigenvalue weighted by Crippen LogP contribution is -2.27. The molecule has 132 valence electrons. The van der Waals surface area contributed by atoms with Gasteiger partial charge in [-0.25, -0.2) is 0 Å². The Balaban J connectivity index is 1.82. The molecule has 1 atom stereocenters. The number of aryl methyl sites for hydroxylation is 1. The van der Waals surface area contributed by atoms with Gasteiger partial charge in [0, 0.05) is 23.5 Å². The van der Waals surface area contributed by atoms with Crippen LogP contribution in [0, 0.1) is 6.92 Å². The van der Waals surface area contributed by atoms with Crippen molar-refractivity contribution in [2.75, 3.05) is 19.6 Å². The summed E-state index contributed by atoms with van der Waals surface area (Å²) in [6.45, 7) is 4.38. The van der Waals surface area contributed by atoms with Gasteiger partial charge < -0.3 is 10.2 Å². The van der Waals surface area contributed by atoms with Crippen molar-refractivity contribution in [1.29, 1.82) is 0 Å². The van der Waals surface area contributed by atoms with Crippen LogP contribution in [0.15, 0.2) is 41.5 Å². The average Bonchev–Trinajstić information content (AvgIpc) is 3.17. The van der Waals surface area contributed by atoms with Gasteiger partial charge in [-0.3, -0.25) is 14.9 Å². The number of hydrogen-bond acceptors (Lipinski definition) is 5. The Hall–Kier alpha value is -2.24. The van der Waals surface area contributed by atoms with E-state index in [1.165, 1.54) is 18.4 Å². The van der Waals surface area contributed by atoms with Gasteiger partial charge in [-0.15, -0.1) is 0 Å². The fraction of sp³-hybridized carbons (Fsp3) is 0.400. The third-order valence-electron chi connectivity index (χ3n) is 4.79. The van der Waals surface area contributed by atoms with Crippen molar-refractivity contribution < 1.29 is 10.2 Å². The highest BCUT2D eigenvalue weighted by atomic mass is 16.3. The minimum atomic E-state index is -0.170. The Morgan fingerprint density at radius 2 is 1.96 bits per heavy atom. The quantitative estimate of drug-likeness (QED) is 0.794. The van der Waals surface area contributed by atoms with Gasteiger partial charge in [-0.2, -0.15) is 0 Å². The maximum absolute atomic E-state index is 10.2. The predicted molar refractivity (Wildman–Crippen MR) is 99.0 cm³/mol. The second-order valence-corrected chi connectivity index (χ2v) is 6.45. The molecule has 5 heteroatoms. The van der Waals surface area contributed by atoms with E-state index in [0.29, 0.717) is 23.4 Å². The summed E-state index contributed by atoms with van der Waals surface area (Å²) in [4.78, 5) is 11.2. The third kappa shape index (κ3) is 4.06. The summed E-state index contributed by atoms with van der Waals surface area (Å²) in [6.07, 6.45) is 5.71. The highest BCUT2D eigenvalue weighted by Crippen LogP contribution is 2.26. The largest absolute Gasteiger partial charge is 0.505 e. The number of aromatic nitrogens is 1. The minimum Gasteiger partial charge on any atom is -0.505 e. The highest BCUT2D eigenvalue weighted by Gasteiger charge is 2.22. The Bertz CT molecular complexity index is 725. The molecule has 1 aliphatic heterocycles. The number of benzene rings is 1. The number of nitrogens with zero attached hydrogens (tertiary/aromatic N) is 3. The van der Waals surface area contributed by atoms with E-state index in [1.807, 2.05) is 6.07 Å². The molecule has 0 unspecified atom stereocenters. The van der Waals surface area contributed by atoms with E-state index in [-0.39, 0.29) is 18.4 Å². The molecule has 1 aromatic carbocycles. The maximum atomic E-state index is 10.2. The summed E-state index contributed by atoms with van der Waals surface area (Å²) in [5, 5.41) is 19.7. The zero-order valence-electron chi connectivity index (χ0n) is 14.6. The number of aromatic hydroxyl groups is 1. The van der Waals surface area contributed by atoms with Crippen LogP contribution in [0.3, 0.4) is 0 Å². The number of pyridine rings is 1. The van der Waals surface area contributed by atoms with Gasteiger partial charge in [0.15, 0.2) is 0 Å². The Labute approximate surface area is 148 Å². The van der Waals surface area contributed by atoms with Gasteiger partial charge in [0.05, 0.1) is 24.9 Å². The lowest BCUT2D eigenvalue weighted by Gasteiger charge is -2.26. The molecule has 0 bridgehead atoms. The van der Waals surface area contributed by atoms with E-state index in [1.54, 1.807) is 19.3 Å². The van der Waals surface area contributed by atoms with Gasteiger partial charge in [0.25, 0.3) is 0 Å². The van der Waals surface area contributed by atoms with Crippen molar-refractivity contribution in [2.45, 2.75) is 32.4 Å². The van der Waals surface area contributed by atoms with Crippen LogP contribution in [0.4, 0.5) is 0 Å². The van der Waals surface area contributed by atoms with Crippen LogP contribution in [0.2, 0.25) is 0 Å². The lowest BCUT2D eigenvalue weighted by molar-refractivity contribution is 0.252. The normalized spacial score (nSPS) is 16.6. The molecule has 1 fully saturated rings. The zero-order valence-corrected chi connectivity index (χ0v) is 14.6. The molecule has 0 radical (unpaired) electrons. The molecule has 0 spiro atoms. The highest BCUT2D eigenvalue weighted by molar-refractivity contribution is 5.85. The molecule has 0 aliphatic carbocycles. The van der Waals surface area contributed by atoms with Crippen molar-refractivity contribution in [3.63, 3.8) is 0 Å². The first-order valence-corrected chi connectivity index (χ1v) is 8.78. The molecular weight excluding hydrogens is 314 g/mol. The molecule has 0 saturated carbocycles. The summed E-state index contributed by atoms with van der Waals surface area (Å²) >= 11 is 0. The topological polar surface area (TPSA) is 69.0 Å². The number of aliphatic hydroxyl groups is 1. The van der Waals surface area contributed by atoms with Crippen LogP contribution in [0.5, 0.6) is 5.75 Å². The molecule has 1 saturated heterocycles.